The van der Waals surface area contributed by atoms with Crippen LogP contribution >= 0.6 is 0 Å². The fourth-order valence-corrected chi connectivity index (χ4v) is 13.2. The molecule has 6 nitrogen and oxygen atoms in total. The Balaban J connectivity index is 0.000000164. The van der Waals surface area contributed by atoms with Gasteiger partial charge in [0.05, 0.1) is 0 Å². The van der Waals surface area contributed by atoms with Crippen LogP contribution in [0.15, 0.2) is 22.5 Å². The molecule has 3 N–H and O–H groups in total. The third-order valence-electron chi connectivity index (χ3n) is 15.7. The van der Waals surface area contributed by atoms with Gasteiger partial charge in [0.15, 0.2) is 11.6 Å². The number of allylic oxidation sites excluding steroid dienone is 4. The molecule has 0 aromatic heterocycles. The van der Waals surface area contributed by atoms with E-state index >= 15 is 0 Å². The third kappa shape index (κ3) is 9.23. The first-order valence-corrected chi connectivity index (χ1v) is 23.7. The van der Waals surface area contributed by atoms with E-state index < -0.39 is 12.3 Å². The molecule has 0 aromatic rings. The summed E-state index contributed by atoms with van der Waals surface area (Å²) < 4.78 is 27.9. The highest BCUT2D eigenvalue weighted by Gasteiger charge is 2.53. The smallest absolute Gasteiger partial charge is 0.161 e. The average molecular weight is 781 g/mol. The molecule has 0 radical (unpaired) electrons. The van der Waals surface area contributed by atoms with Crippen molar-refractivity contribution in [3.8, 4) is 0 Å². The van der Waals surface area contributed by atoms with Crippen molar-refractivity contribution in [1.82, 2.24) is 20.9 Å². The second kappa shape index (κ2) is 17.9. The number of ketones is 2. The second-order valence-electron chi connectivity index (χ2n) is 21.2. The van der Waals surface area contributed by atoms with Gasteiger partial charge in [-0.05, 0) is 118 Å². The minimum Gasteiger partial charge on any atom is -0.362 e. The summed E-state index contributed by atoms with van der Waals surface area (Å²) in [5.74, 6) is 2.66. The largest absolute Gasteiger partial charge is 0.362 e. The van der Waals surface area contributed by atoms with Gasteiger partial charge in [-0.3, -0.25) is 25.1 Å². The van der Waals surface area contributed by atoms with Crippen LogP contribution in [-0.4, -0.2) is 59.8 Å². The molecule has 0 bridgehead atoms. The van der Waals surface area contributed by atoms with E-state index in [2.05, 4.69) is 48.5 Å². The molecule has 2 saturated heterocycles. The monoisotopic (exact) mass is 781 g/mol. The second-order valence-corrected chi connectivity index (χ2v) is 21.2. The third-order valence-corrected chi connectivity index (χ3v) is 15.7. The quantitative estimate of drug-likeness (QED) is 0.264. The van der Waals surface area contributed by atoms with Crippen LogP contribution in [0.1, 0.15) is 183 Å². The fraction of sp³-hybridized carbons (Fsp3) is 0.875. The summed E-state index contributed by atoms with van der Waals surface area (Å²) in [7, 11) is 0. The topological polar surface area (TPSA) is 73.5 Å². The average Bonchev–Trinajstić information content (AvgIpc) is 3.74. The van der Waals surface area contributed by atoms with Gasteiger partial charge in [-0.25, -0.2) is 8.78 Å². The molecule has 9 rings (SSSR count). The van der Waals surface area contributed by atoms with E-state index in [1.54, 1.807) is 0 Å². The number of carbonyl (C=O) groups is 2. The lowest BCUT2D eigenvalue weighted by molar-refractivity contribution is -0.120. The van der Waals surface area contributed by atoms with Crippen LogP contribution in [0.25, 0.3) is 0 Å². The predicted octanol–water partition coefficient (Wildman–Crippen LogP) is 10.6. The summed E-state index contributed by atoms with van der Waals surface area (Å²) in [6, 6.07) is 2.02. The van der Waals surface area contributed by atoms with Gasteiger partial charge >= 0.3 is 0 Å². The molecule has 3 heterocycles. The maximum absolute atomic E-state index is 14.3. The minimum absolute atomic E-state index is 0.0705. The first kappa shape index (κ1) is 42.5. The molecule has 4 saturated carbocycles. The molecule has 316 valence electrons. The van der Waals surface area contributed by atoms with Crippen molar-refractivity contribution in [3.05, 3.63) is 22.5 Å². The van der Waals surface area contributed by atoms with Gasteiger partial charge in [-0.15, -0.1) is 0 Å². The van der Waals surface area contributed by atoms with Gasteiger partial charge in [0.2, 0.25) is 0 Å². The highest BCUT2D eigenvalue weighted by atomic mass is 19.1. The van der Waals surface area contributed by atoms with Gasteiger partial charge in [0.25, 0.3) is 0 Å². The van der Waals surface area contributed by atoms with E-state index in [4.69, 9.17) is 0 Å². The van der Waals surface area contributed by atoms with Crippen LogP contribution in [0.5, 0.6) is 0 Å². The normalized spacial score (nSPS) is 38.1. The molecular weight excluding hydrogens is 703 g/mol. The Labute approximate surface area is 339 Å². The van der Waals surface area contributed by atoms with E-state index in [0.717, 1.165) is 91.8 Å². The van der Waals surface area contributed by atoms with Crippen molar-refractivity contribution in [1.29, 1.82) is 0 Å². The number of alkyl halides is 2. The van der Waals surface area contributed by atoms with E-state index in [-0.39, 0.29) is 34.2 Å². The molecule has 3 aliphatic heterocycles. The van der Waals surface area contributed by atoms with Crippen molar-refractivity contribution in [2.24, 2.45) is 40.4 Å². The SMILES string of the molecule is CC.CC1(C)CC(=O)C2=C(C1)NC1=C(C(=O)CC(C)(C)C1)C2C1CCCC(F)C1.FC1CCC(C2CN3C(N2)NC(C2CCCCC2)C3C2CCCCC2)CC1. The molecular formula is C48H78F2N4O2. The maximum atomic E-state index is 14.3. The van der Waals surface area contributed by atoms with Crippen LogP contribution in [0, 0.1) is 40.4 Å². The Hall–Kier alpha value is -1.64. The van der Waals surface area contributed by atoms with Gasteiger partial charge in [-0.1, -0.05) is 86.5 Å². The van der Waals surface area contributed by atoms with Gasteiger partial charge in [0.1, 0.15) is 18.6 Å². The van der Waals surface area contributed by atoms with E-state index in [1.165, 1.54) is 70.8 Å². The van der Waals surface area contributed by atoms with E-state index in [1.807, 2.05) is 13.8 Å². The van der Waals surface area contributed by atoms with Crippen molar-refractivity contribution >= 4 is 11.6 Å². The number of rotatable bonds is 4. The maximum Gasteiger partial charge on any atom is 0.161 e. The molecule has 9 aliphatic rings. The Morgan fingerprint density at radius 2 is 1.11 bits per heavy atom. The number of hydrogen-bond acceptors (Lipinski definition) is 6. The molecule has 0 amide bonds. The lowest BCUT2D eigenvalue weighted by Crippen LogP contribution is -2.50. The zero-order valence-corrected chi connectivity index (χ0v) is 36.1. The number of carbonyl (C=O) groups excluding carboxylic acids is 2. The van der Waals surface area contributed by atoms with Crippen molar-refractivity contribution in [2.45, 2.75) is 220 Å². The lowest BCUT2D eigenvalue weighted by Gasteiger charge is -2.46. The lowest BCUT2D eigenvalue weighted by atomic mass is 9.61. The highest BCUT2D eigenvalue weighted by molar-refractivity contribution is 6.05. The Morgan fingerprint density at radius 3 is 1.66 bits per heavy atom. The molecule has 6 aliphatic carbocycles. The number of halogens is 2. The zero-order valence-electron chi connectivity index (χ0n) is 36.1. The van der Waals surface area contributed by atoms with Crippen LogP contribution in [0.2, 0.25) is 0 Å². The number of nitrogens with zero attached hydrogens (tertiary/aromatic N) is 1. The standard InChI is InChI=1S/C23H40FN3.C23H32FNO2.C2H6/c24-19-13-11-16(12-14-19)20-15-27-22(18-9-5-2-6-10-18)21(26-23(27)25-20)17-7-3-1-4-8-17;1-22(2)9-15-20(17(26)11-22)19(13-6-5-7-14(24)8-13)21-16(25-15)10-23(3,4)12-18(21)27;1-2/h16-23,25-26H,1-15H2;13-14,19,25H,5-12H2,1-4H3;1-2H3. The van der Waals surface area contributed by atoms with Gasteiger partial charge < -0.3 is 5.32 Å². The Morgan fingerprint density at radius 1 is 0.571 bits per heavy atom. The summed E-state index contributed by atoms with van der Waals surface area (Å²) in [6.45, 7) is 13.7. The number of fused-ring (bicyclic) bond motifs is 1. The van der Waals surface area contributed by atoms with Crippen LogP contribution in [-0.2, 0) is 9.59 Å². The molecule has 0 aromatic carbocycles. The number of dihydropyridines is 1. The first-order valence-electron chi connectivity index (χ1n) is 23.7. The van der Waals surface area contributed by atoms with Gasteiger partial charge in [-0.2, -0.15) is 0 Å². The van der Waals surface area contributed by atoms with Crippen LogP contribution in [0.3, 0.4) is 0 Å². The Bertz CT molecular complexity index is 1400. The van der Waals surface area contributed by atoms with Gasteiger partial charge in [0, 0.05) is 66.0 Å². The molecule has 56 heavy (non-hydrogen) atoms. The number of nitrogens with one attached hydrogen (secondary N) is 3. The number of Topliss-reactive ketones (excluding diaryl/α,β-unsaturated/α-hetero) is 2. The summed E-state index contributed by atoms with van der Waals surface area (Å²) >= 11 is 0. The number of hydrogen-bond donors (Lipinski definition) is 3. The highest BCUT2D eigenvalue weighted by Crippen LogP contribution is 2.52. The zero-order chi connectivity index (χ0) is 39.8. The first-order chi connectivity index (χ1) is 26.9. The summed E-state index contributed by atoms with van der Waals surface area (Å²) in [4.78, 5) is 29.2. The summed E-state index contributed by atoms with van der Waals surface area (Å²) in [6.07, 6.45) is 22.7. The van der Waals surface area contributed by atoms with E-state index in [0.29, 0.717) is 50.0 Å². The summed E-state index contributed by atoms with van der Waals surface area (Å²) in [5.41, 5.74) is 3.47. The molecule has 8 heteroatoms. The predicted molar refractivity (Wildman–Crippen MR) is 223 cm³/mol. The molecule has 0 spiro atoms. The van der Waals surface area contributed by atoms with Crippen molar-refractivity contribution in [2.75, 3.05) is 6.54 Å². The molecule has 6 unspecified atom stereocenters. The Kier molecular flexibility index (Phi) is 13.6. The van der Waals surface area contributed by atoms with Crippen molar-refractivity contribution in [3.63, 3.8) is 0 Å². The van der Waals surface area contributed by atoms with Crippen LogP contribution < -0.4 is 16.0 Å². The molecule has 6 atom stereocenters. The molecule has 6 fully saturated rings. The fourth-order valence-electron chi connectivity index (χ4n) is 13.2. The summed E-state index contributed by atoms with van der Waals surface area (Å²) in [5, 5.41) is 11.6. The minimum atomic E-state index is -0.808. The van der Waals surface area contributed by atoms with Crippen molar-refractivity contribution < 1.29 is 18.4 Å². The van der Waals surface area contributed by atoms with Crippen LogP contribution in [0.4, 0.5) is 8.78 Å². The van der Waals surface area contributed by atoms with E-state index in [9.17, 15) is 18.4 Å².